The van der Waals surface area contributed by atoms with E-state index in [1.54, 1.807) is 12.1 Å². The number of carbonyl (C=O) groups excluding carboxylic acids is 1. The van der Waals surface area contributed by atoms with Gasteiger partial charge in [0, 0.05) is 25.3 Å². The maximum atomic E-state index is 11.5. The molecule has 5 nitrogen and oxygen atoms in total. The van der Waals surface area contributed by atoms with Crippen LogP contribution < -0.4 is 4.90 Å². The van der Waals surface area contributed by atoms with Crippen LogP contribution in [0.25, 0.3) is 0 Å². The minimum Gasteiger partial charge on any atom is -0.375 e. The molecule has 1 aromatic rings. The molecule has 0 unspecified atom stereocenters. The van der Waals surface area contributed by atoms with Gasteiger partial charge in [-0.25, -0.2) is 0 Å². The number of nitrogens with zero attached hydrogens (tertiary/aromatic N) is 2. The Morgan fingerprint density at radius 1 is 1.37 bits per heavy atom. The normalized spacial score (nSPS) is 10.3. The van der Waals surface area contributed by atoms with Gasteiger partial charge in [-0.15, -0.1) is 0 Å². The third kappa shape index (κ3) is 4.05. The summed E-state index contributed by atoms with van der Waals surface area (Å²) in [6.07, 6.45) is 3.36. The van der Waals surface area contributed by atoms with Gasteiger partial charge in [-0.3, -0.25) is 14.9 Å². The molecule has 19 heavy (non-hydrogen) atoms. The zero-order chi connectivity index (χ0) is 14.4. The van der Waals surface area contributed by atoms with E-state index in [0.29, 0.717) is 0 Å². The summed E-state index contributed by atoms with van der Waals surface area (Å²) >= 11 is 0. The smallest absolute Gasteiger partial charge is 0.280 e. The number of unbranched alkanes of at least 4 members (excludes halogenated alkanes) is 2. The predicted octanol–water partition coefficient (Wildman–Crippen LogP) is 3.42. The summed E-state index contributed by atoms with van der Waals surface area (Å²) in [4.78, 5) is 23.8. The van der Waals surface area contributed by atoms with Crippen molar-refractivity contribution in [3.8, 4) is 0 Å². The third-order valence-electron chi connectivity index (χ3n) is 3.09. The van der Waals surface area contributed by atoms with Crippen molar-refractivity contribution < 1.29 is 9.72 Å². The van der Waals surface area contributed by atoms with Gasteiger partial charge in [0.2, 0.25) is 0 Å². The molecule has 104 valence electrons. The Labute approximate surface area is 113 Å². The molecule has 0 spiro atoms. The van der Waals surface area contributed by atoms with Crippen LogP contribution in [0.3, 0.4) is 0 Å². The van der Waals surface area contributed by atoms with E-state index >= 15 is 0 Å². The van der Waals surface area contributed by atoms with Gasteiger partial charge in [0.25, 0.3) is 5.69 Å². The summed E-state index contributed by atoms with van der Waals surface area (Å²) in [5.41, 5.74) is 0.884. The van der Waals surface area contributed by atoms with E-state index < -0.39 is 4.92 Å². The van der Waals surface area contributed by atoms with Crippen LogP contribution in [0.5, 0.6) is 0 Å². The molecule has 0 aliphatic carbocycles. The Morgan fingerprint density at radius 3 is 2.58 bits per heavy atom. The third-order valence-corrected chi connectivity index (χ3v) is 3.09. The van der Waals surface area contributed by atoms with E-state index in [9.17, 15) is 14.9 Å². The van der Waals surface area contributed by atoms with Gasteiger partial charge < -0.3 is 4.90 Å². The highest BCUT2D eigenvalue weighted by Gasteiger charge is 2.18. The Balaban J connectivity index is 2.95. The molecule has 0 bridgehead atoms. The van der Waals surface area contributed by atoms with Gasteiger partial charge in [0.15, 0.2) is 5.78 Å². The van der Waals surface area contributed by atoms with Gasteiger partial charge in [0.1, 0.15) is 0 Å². The molecule has 5 heteroatoms. The first-order valence-corrected chi connectivity index (χ1v) is 6.48. The molecule has 0 aliphatic rings. The highest BCUT2D eigenvalue weighted by atomic mass is 16.6. The Bertz CT molecular complexity index is 472. The quantitative estimate of drug-likeness (QED) is 0.327. The Hall–Kier alpha value is -1.91. The second kappa shape index (κ2) is 6.87. The zero-order valence-electron chi connectivity index (χ0n) is 11.7. The van der Waals surface area contributed by atoms with Crippen molar-refractivity contribution in [2.75, 3.05) is 18.5 Å². The first kappa shape index (κ1) is 15.1. The minimum absolute atomic E-state index is 0.127. The topological polar surface area (TPSA) is 63.4 Å². The second-order valence-electron chi connectivity index (χ2n) is 4.64. The number of nitro groups is 1. The molecule has 0 fully saturated rings. The van der Waals surface area contributed by atoms with E-state index in [-0.39, 0.29) is 17.0 Å². The fourth-order valence-corrected chi connectivity index (χ4v) is 1.93. The summed E-state index contributed by atoms with van der Waals surface area (Å²) in [7, 11) is 1.93. The van der Waals surface area contributed by atoms with E-state index in [1.165, 1.54) is 13.0 Å². The molecule has 0 amide bonds. The number of Topliss-reactive ketones (excluding diaryl/α,β-unsaturated/α-hetero) is 1. The lowest BCUT2D eigenvalue weighted by Crippen LogP contribution is -2.19. The van der Waals surface area contributed by atoms with Crippen LogP contribution in [-0.2, 0) is 0 Å². The summed E-state index contributed by atoms with van der Waals surface area (Å²) < 4.78 is 0. The lowest BCUT2D eigenvalue weighted by molar-refractivity contribution is -0.385. The van der Waals surface area contributed by atoms with Crippen LogP contribution in [0.15, 0.2) is 18.2 Å². The fraction of sp³-hybridized carbons (Fsp3) is 0.500. The number of hydrogen-bond acceptors (Lipinski definition) is 4. The number of carbonyl (C=O) groups is 1. The van der Waals surface area contributed by atoms with Gasteiger partial charge in [0.05, 0.1) is 10.5 Å². The average Bonchev–Trinajstić information content (AvgIpc) is 2.38. The molecular weight excluding hydrogens is 244 g/mol. The van der Waals surface area contributed by atoms with Crippen LogP contribution >= 0.6 is 0 Å². The minimum atomic E-state index is -0.516. The molecule has 0 N–H and O–H groups in total. The van der Waals surface area contributed by atoms with Gasteiger partial charge in [-0.2, -0.15) is 0 Å². The highest BCUT2D eigenvalue weighted by Crippen LogP contribution is 2.25. The largest absolute Gasteiger partial charge is 0.375 e. The van der Waals surface area contributed by atoms with Crippen LogP contribution in [0, 0.1) is 10.1 Å². The number of anilines is 1. The van der Waals surface area contributed by atoms with Crippen LogP contribution in [0.4, 0.5) is 11.4 Å². The van der Waals surface area contributed by atoms with E-state index in [0.717, 1.165) is 31.5 Å². The first-order chi connectivity index (χ1) is 8.97. The predicted molar refractivity (Wildman–Crippen MR) is 75.9 cm³/mol. The highest BCUT2D eigenvalue weighted by molar-refractivity contribution is 5.99. The summed E-state index contributed by atoms with van der Waals surface area (Å²) in [6.45, 7) is 4.37. The Kier molecular flexibility index (Phi) is 5.48. The van der Waals surface area contributed by atoms with E-state index in [4.69, 9.17) is 0 Å². The lowest BCUT2D eigenvalue weighted by Gasteiger charge is -2.19. The van der Waals surface area contributed by atoms with Crippen molar-refractivity contribution in [3.05, 3.63) is 33.9 Å². The zero-order valence-corrected chi connectivity index (χ0v) is 11.7. The first-order valence-electron chi connectivity index (χ1n) is 6.48. The molecule has 1 aromatic carbocycles. The Morgan fingerprint density at radius 2 is 2.05 bits per heavy atom. The summed E-state index contributed by atoms with van der Waals surface area (Å²) in [5, 5.41) is 10.9. The number of benzene rings is 1. The SMILES string of the molecule is CCCCCN(C)c1ccc([N+](=O)[O-])c(C(C)=O)c1. The average molecular weight is 264 g/mol. The summed E-state index contributed by atoms with van der Waals surface area (Å²) in [6, 6.07) is 4.70. The van der Waals surface area contributed by atoms with Crippen molar-refractivity contribution in [2.45, 2.75) is 33.1 Å². The van der Waals surface area contributed by atoms with Crippen molar-refractivity contribution in [2.24, 2.45) is 0 Å². The maximum Gasteiger partial charge on any atom is 0.280 e. The van der Waals surface area contributed by atoms with E-state index in [2.05, 4.69) is 6.92 Å². The molecule has 0 saturated heterocycles. The lowest BCUT2D eigenvalue weighted by atomic mass is 10.1. The van der Waals surface area contributed by atoms with Crippen molar-refractivity contribution in [1.29, 1.82) is 0 Å². The molecule has 0 radical (unpaired) electrons. The number of ketones is 1. The standard InChI is InChI=1S/C14H20N2O3/c1-4-5-6-9-15(3)12-7-8-14(16(18)19)13(10-12)11(2)17/h7-8,10H,4-6,9H2,1-3H3. The van der Waals surface area contributed by atoms with Crippen LogP contribution in [0.1, 0.15) is 43.5 Å². The second-order valence-corrected chi connectivity index (χ2v) is 4.64. The molecule has 0 aliphatic heterocycles. The molecule has 0 aromatic heterocycles. The van der Waals surface area contributed by atoms with Crippen molar-refractivity contribution in [3.63, 3.8) is 0 Å². The van der Waals surface area contributed by atoms with Crippen LogP contribution in [0.2, 0.25) is 0 Å². The molecule has 0 saturated carbocycles. The maximum absolute atomic E-state index is 11.5. The van der Waals surface area contributed by atoms with Gasteiger partial charge in [-0.05, 0) is 25.5 Å². The van der Waals surface area contributed by atoms with Crippen LogP contribution in [-0.4, -0.2) is 24.3 Å². The number of rotatable bonds is 7. The molecular formula is C14H20N2O3. The number of nitro benzene ring substituents is 1. The monoisotopic (exact) mass is 264 g/mol. The van der Waals surface area contributed by atoms with Crippen molar-refractivity contribution in [1.82, 2.24) is 0 Å². The molecule has 1 rings (SSSR count). The van der Waals surface area contributed by atoms with E-state index in [1.807, 2.05) is 11.9 Å². The van der Waals surface area contributed by atoms with Crippen molar-refractivity contribution >= 4 is 17.2 Å². The number of hydrogen-bond donors (Lipinski definition) is 0. The molecule has 0 heterocycles. The summed E-state index contributed by atoms with van der Waals surface area (Å²) in [5.74, 6) is -0.282. The fourth-order valence-electron chi connectivity index (χ4n) is 1.93. The van der Waals surface area contributed by atoms with Gasteiger partial charge >= 0.3 is 0 Å². The van der Waals surface area contributed by atoms with Gasteiger partial charge in [-0.1, -0.05) is 19.8 Å². The molecule has 0 atom stereocenters.